The number of carbonyl (C=O) groups is 1. The molecular weight excluding hydrogens is 402 g/mol. The van der Waals surface area contributed by atoms with Gasteiger partial charge in [0.15, 0.2) is 0 Å². The van der Waals surface area contributed by atoms with Crippen molar-refractivity contribution in [3.63, 3.8) is 0 Å². The minimum atomic E-state index is -0.143. The number of hydrogen-bond donors (Lipinski definition) is 2. The first-order valence-electron chi connectivity index (χ1n) is 11.9. The lowest BCUT2D eigenvalue weighted by atomic mass is 9.77. The number of aliphatic hydroxyl groups is 1. The smallest absolute Gasteiger partial charge is 0.272 e. The third kappa shape index (κ3) is 4.24. The van der Waals surface area contributed by atoms with Crippen molar-refractivity contribution in [3.8, 4) is 0 Å². The summed E-state index contributed by atoms with van der Waals surface area (Å²) in [5, 5.41) is 13.2. The second-order valence-corrected chi connectivity index (χ2v) is 9.47. The van der Waals surface area contributed by atoms with E-state index in [1.807, 2.05) is 11.8 Å². The number of amides is 1. The van der Waals surface area contributed by atoms with E-state index >= 15 is 0 Å². The standard InChI is InChI=1S/C25H33N5O2/c1-17-23(25(32)30-10-6-20(7-11-30)29-12-8-21(31)9-13-29)27-16-28-24(17)26-15-19-14-18-4-2-3-5-22(18)19/h2-5,16,19-21,31H,6-15H2,1H3,(H,26,27,28). The maximum atomic E-state index is 13.2. The highest BCUT2D eigenvalue weighted by Gasteiger charge is 2.31. The second kappa shape index (κ2) is 9.16. The molecule has 3 heterocycles. The molecule has 5 rings (SSSR count). The molecule has 0 spiro atoms. The van der Waals surface area contributed by atoms with Gasteiger partial charge in [-0.2, -0.15) is 0 Å². The molecule has 2 aliphatic heterocycles. The molecule has 2 fully saturated rings. The van der Waals surface area contributed by atoms with Gasteiger partial charge in [-0.3, -0.25) is 4.79 Å². The van der Waals surface area contributed by atoms with Crippen molar-refractivity contribution in [2.24, 2.45) is 0 Å². The highest BCUT2D eigenvalue weighted by Crippen LogP contribution is 2.35. The summed E-state index contributed by atoms with van der Waals surface area (Å²) < 4.78 is 0. The number of carbonyl (C=O) groups excluding carboxylic acids is 1. The molecule has 0 saturated carbocycles. The van der Waals surface area contributed by atoms with Gasteiger partial charge >= 0.3 is 0 Å². The maximum absolute atomic E-state index is 13.2. The SMILES string of the molecule is Cc1c(NCC2Cc3ccccc32)ncnc1C(=O)N1CCC(N2CCC(O)CC2)CC1. The Bertz CT molecular complexity index is 965. The molecule has 1 aliphatic carbocycles. The number of hydrogen-bond acceptors (Lipinski definition) is 6. The maximum Gasteiger partial charge on any atom is 0.272 e. The third-order valence-corrected chi connectivity index (χ3v) is 7.53. The van der Waals surface area contributed by atoms with E-state index in [4.69, 9.17) is 0 Å². The van der Waals surface area contributed by atoms with Crippen LogP contribution in [0.15, 0.2) is 30.6 Å². The van der Waals surface area contributed by atoms with Gasteiger partial charge in [0.25, 0.3) is 5.91 Å². The Balaban J connectivity index is 1.18. The number of anilines is 1. The Labute approximate surface area is 189 Å². The van der Waals surface area contributed by atoms with Gasteiger partial charge in [0.1, 0.15) is 17.8 Å². The Morgan fingerprint density at radius 1 is 1.09 bits per heavy atom. The first-order chi connectivity index (χ1) is 15.6. The summed E-state index contributed by atoms with van der Waals surface area (Å²) in [5.41, 5.74) is 4.18. The van der Waals surface area contributed by atoms with E-state index in [0.29, 0.717) is 17.7 Å². The highest BCUT2D eigenvalue weighted by atomic mass is 16.3. The summed E-state index contributed by atoms with van der Waals surface area (Å²) in [7, 11) is 0. The van der Waals surface area contributed by atoms with Crippen LogP contribution in [-0.4, -0.2) is 75.7 Å². The predicted octanol–water partition coefficient (Wildman–Crippen LogP) is 2.60. The van der Waals surface area contributed by atoms with Gasteiger partial charge in [-0.15, -0.1) is 0 Å². The van der Waals surface area contributed by atoms with Gasteiger partial charge in [-0.25, -0.2) is 9.97 Å². The normalized spacial score (nSPS) is 22.3. The summed E-state index contributed by atoms with van der Waals surface area (Å²) in [6, 6.07) is 9.09. The average molecular weight is 436 g/mol. The molecule has 2 aromatic rings. The third-order valence-electron chi connectivity index (χ3n) is 7.53. The van der Waals surface area contributed by atoms with Crippen LogP contribution in [0.1, 0.15) is 58.8 Å². The molecule has 32 heavy (non-hydrogen) atoms. The second-order valence-electron chi connectivity index (χ2n) is 9.47. The van der Waals surface area contributed by atoms with E-state index in [1.54, 1.807) is 0 Å². The van der Waals surface area contributed by atoms with E-state index in [9.17, 15) is 9.90 Å². The fourth-order valence-electron chi connectivity index (χ4n) is 5.44. The van der Waals surface area contributed by atoms with Crippen molar-refractivity contribution in [2.45, 2.75) is 57.1 Å². The van der Waals surface area contributed by atoms with Gasteiger partial charge in [0, 0.05) is 50.2 Å². The van der Waals surface area contributed by atoms with E-state index in [0.717, 1.165) is 76.2 Å². The minimum absolute atomic E-state index is 0.00876. The Kier molecular flexibility index (Phi) is 6.11. The molecule has 3 aliphatic rings. The molecular formula is C25H33N5O2. The fourth-order valence-corrected chi connectivity index (χ4v) is 5.44. The van der Waals surface area contributed by atoms with E-state index in [2.05, 4.69) is 44.5 Å². The summed E-state index contributed by atoms with van der Waals surface area (Å²) in [5.74, 6) is 1.26. The minimum Gasteiger partial charge on any atom is -0.393 e. The van der Waals surface area contributed by atoms with Crippen LogP contribution in [0.2, 0.25) is 0 Å². The predicted molar refractivity (Wildman–Crippen MR) is 124 cm³/mol. The molecule has 2 saturated heterocycles. The van der Waals surface area contributed by atoms with Gasteiger partial charge in [-0.1, -0.05) is 24.3 Å². The van der Waals surface area contributed by atoms with Crippen LogP contribution in [0.5, 0.6) is 0 Å². The summed E-state index contributed by atoms with van der Waals surface area (Å²) >= 11 is 0. The molecule has 2 N–H and O–H groups in total. The van der Waals surface area contributed by atoms with Gasteiger partial charge in [0.05, 0.1) is 6.10 Å². The average Bonchev–Trinajstić information content (AvgIpc) is 2.81. The number of aromatic nitrogens is 2. The van der Waals surface area contributed by atoms with Crippen LogP contribution < -0.4 is 5.32 Å². The Morgan fingerprint density at radius 3 is 2.59 bits per heavy atom. The van der Waals surface area contributed by atoms with Crippen molar-refractivity contribution in [2.75, 3.05) is 38.0 Å². The van der Waals surface area contributed by atoms with E-state index in [1.165, 1.54) is 17.5 Å². The molecule has 7 nitrogen and oxygen atoms in total. The van der Waals surface area contributed by atoms with E-state index in [-0.39, 0.29) is 12.0 Å². The van der Waals surface area contributed by atoms with Gasteiger partial charge < -0.3 is 20.2 Å². The van der Waals surface area contributed by atoms with Crippen LogP contribution in [-0.2, 0) is 6.42 Å². The quantitative estimate of drug-likeness (QED) is 0.751. The fraction of sp³-hybridized carbons (Fsp3) is 0.560. The molecule has 1 amide bonds. The molecule has 1 atom stereocenters. The summed E-state index contributed by atoms with van der Waals surface area (Å²) in [6.07, 6.45) is 6.14. The molecule has 170 valence electrons. The van der Waals surface area contributed by atoms with Gasteiger partial charge in [0.2, 0.25) is 0 Å². The first kappa shape index (κ1) is 21.3. The Morgan fingerprint density at radius 2 is 1.84 bits per heavy atom. The summed E-state index contributed by atoms with van der Waals surface area (Å²) in [6.45, 7) is 6.20. The number of fused-ring (bicyclic) bond motifs is 1. The molecule has 1 aromatic heterocycles. The van der Waals surface area contributed by atoms with Gasteiger partial charge in [-0.05, 0) is 50.2 Å². The van der Waals surface area contributed by atoms with Crippen molar-refractivity contribution in [3.05, 3.63) is 53.0 Å². The number of nitrogens with one attached hydrogen (secondary N) is 1. The van der Waals surface area contributed by atoms with Crippen LogP contribution in [0.4, 0.5) is 5.82 Å². The molecule has 1 unspecified atom stereocenters. The van der Waals surface area contributed by atoms with Crippen molar-refractivity contribution < 1.29 is 9.90 Å². The summed E-state index contributed by atoms with van der Waals surface area (Å²) in [4.78, 5) is 26.4. The lowest BCUT2D eigenvalue weighted by Gasteiger charge is -2.41. The van der Waals surface area contributed by atoms with Crippen LogP contribution >= 0.6 is 0 Å². The Hall–Kier alpha value is -2.51. The van der Waals surface area contributed by atoms with Crippen molar-refractivity contribution in [1.82, 2.24) is 19.8 Å². The number of nitrogens with zero attached hydrogens (tertiary/aromatic N) is 4. The number of piperidine rings is 2. The number of aliphatic hydroxyl groups excluding tert-OH is 1. The van der Waals surface area contributed by atoms with E-state index < -0.39 is 0 Å². The zero-order valence-electron chi connectivity index (χ0n) is 18.8. The monoisotopic (exact) mass is 435 g/mol. The van der Waals surface area contributed by atoms with Crippen LogP contribution in [0.3, 0.4) is 0 Å². The van der Waals surface area contributed by atoms with Crippen LogP contribution in [0, 0.1) is 6.92 Å². The largest absolute Gasteiger partial charge is 0.393 e. The number of benzene rings is 1. The first-order valence-corrected chi connectivity index (χ1v) is 11.9. The zero-order chi connectivity index (χ0) is 22.1. The highest BCUT2D eigenvalue weighted by molar-refractivity contribution is 5.94. The molecule has 0 radical (unpaired) electrons. The zero-order valence-corrected chi connectivity index (χ0v) is 18.8. The van der Waals surface area contributed by atoms with Crippen molar-refractivity contribution in [1.29, 1.82) is 0 Å². The number of rotatable bonds is 5. The topological polar surface area (TPSA) is 81.6 Å². The lowest BCUT2D eigenvalue weighted by molar-refractivity contribution is 0.0355. The van der Waals surface area contributed by atoms with Crippen LogP contribution in [0.25, 0.3) is 0 Å². The lowest BCUT2D eigenvalue weighted by Crippen LogP contribution is -2.49. The molecule has 7 heteroatoms. The molecule has 0 bridgehead atoms. The van der Waals surface area contributed by atoms with Crippen molar-refractivity contribution >= 4 is 11.7 Å². The number of likely N-dealkylation sites (tertiary alicyclic amines) is 2. The molecule has 1 aromatic carbocycles.